The van der Waals surface area contributed by atoms with Gasteiger partial charge in [0.05, 0.1) is 0 Å². The van der Waals surface area contributed by atoms with Crippen LogP contribution in [0, 0.1) is 0 Å². The number of nitrogens with one attached hydrogen (secondary N) is 1. The maximum Gasteiger partial charge on any atom is 0.115 e. The Labute approximate surface area is 60.4 Å². The molecule has 0 aromatic rings. The standard InChI is InChI=1S/C7H14FNO/c8-7(3-6-10)1-4-9-5-2-7/h9-10H,1-6H2. The van der Waals surface area contributed by atoms with Crippen molar-refractivity contribution in [2.24, 2.45) is 0 Å². The summed E-state index contributed by atoms with van der Waals surface area (Å²) in [6.45, 7) is 1.46. The minimum atomic E-state index is -1.08. The predicted molar refractivity (Wildman–Crippen MR) is 37.6 cm³/mol. The van der Waals surface area contributed by atoms with Crippen molar-refractivity contribution in [1.82, 2.24) is 5.32 Å². The molecule has 1 rings (SSSR count). The van der Waals surface area contributed by atoms with Gasteiger partial charge in [-0.15, -0.1) is 0 Å². The first-order valence-corrected chi connectivity index (χ1v) is 3.77. The monoisotopic (exact) mass is 147 g/mol. The average Bonchev–Trinajstić information content (AvgIpc) is 1.89. The Bertz CT molecular complexity index is 96.3. The van der Waals surface area contributed by atoms with Crippen LogP contribution in [0.2, 0.25) is 0 Å². The van der Waals surface area contributed by atoms with Gasteiger partial charge in [0, 0.05) is 13.0 Å². The Balaban J connectivity index is 2.32. The van der Waals surface area contributed by atoms with E-state index in [9.17, 15) is 4.39 Å². The van der Waals surface area contributed by atoms with Gasteiger partial charge < -0.3 is 10.4 Å². The van der Waals surface area contributed by atoms with Crippen LogP contribution in [-0.4, -0.2) is 30.5 Å². The second kappa shape index (κ2) is 3.30. The van der Waals surface area contributed by atoms with E-state index in [1.807, 2.05) is 0 Å². The zero-order chi connectivity index (χ0) is 7.45. The van der Waals surface area contributed by atoms with Crippen molar-refractivity contribution < 1.29 is 9.50 Å². The highest BCUT2D eigenvalue weighted by molar-refractivity contribution is 4.84. The van der Waals surface area contributed by atoms with Gasteiger partial charge in [0.25, 0.3) is 0 Å². The normalized spacial score (nSPS) is 24.6. The second-order valence-electron chi connectivity index (χ2n) is 2.87. The van der Waals surface area contributed by atoms with Crippen molar-refractivity contribution in [2.75, 3.05) is 19.7 Å². The highest BCUT2D eigenvalue weighted by Crippen LogP contribution is 2.26. The van der Waals surface area contributed by atoms with Gasteiger partial charge in [0.2, 0.25) is 0 Å². The molecule has 0 unspecified atom stereocenters. The van der Waals surface area contributed by atoms with Crippen LogP contribution in [0.15, 0.2) is 0 Å². The fourth-order valence-electron chi connectivity index (χ4n) is 1.33. The summed E-state index contributed by atoms with van der Waals surface area (Å²) in [6, 6.07) is 0. The molecule has 0 aromatic heterocycles. The molecule has 1 aliphatic rings. The summed E-state index contributed by atoms with van der Waals surface area (Å²) in [5.41, 5.74) is -1.08. The van der Waals surface area contributed by atoms with E-state index >= 15 is 0 Å². The summed E-state index contributed by atoms with van der Waals surface area (Å²) in [5, 5.41) is 11.6. The minimum Gasteiger partial charge on any atom is -0.396 e. The Morgan fingerprint density at radius 2 is 2.00 bits per heavy atom. The zero-order valence-electron chi connectivity index (χ0n) is 6.07. The summed E-state index contributed by atoms with van der Waals surface area (Å²) in [6.07, 6.45) is 1.40. The third-order valence-electron chi connectivity index (χ3n) is 2.06. The molecular weight excluding hydrogens is 133 g/mol. The van der Waals surface area contributed by atoms with Crippen LogP contribution in [-0.2, 0) is 0 Å². The summed E-state index contributed by atoms with van der Waals surface area (Å²) < 4.78 is 13.4. The van der Waals surface area contributed by atoms with E-state index in [4.69, 9.17) is 5.11 Å². The highest BCUT2D eigenvalue weighted by Gasteiger charge is 2.30. The fourth-order valence-corrected chi connectivity index (χ4v) is 1.33. The average molecular weight is 147 g/mol. The number of aliphatic hydroxyl groups is 1. The van der Waals surface area contributed by atoms with Gasteiger partial charge in [0.1, 0.15) is 5.67 Å². The lowest BCUT2D eigenvalue weighted by Crippen LogP contribution is -2.39. The SMILES string of the molecule is OCCC1(F)CCNCC1. The van der Waals surface area contributed by atoms with Crippen molar-refractivity contribution in [3.63, 3.8) is 0 Å². The van der Waals surface area contributed by atoms with E-state index in [2.05, 4.69) is 5.32 Å². The number of hydrogen-bond acceptors (Lipinski definition) is 2. The van der Waals surface area contributed by atoms with Gasteiger partial charge in [-0.2, -0.15) is 0 Å². The molecule has 2 nitrogen and oxygen atoms in total. The Kier molecular flexibility index (Phi) is 2.63. The molecule has 0 bridgehead atoms. The first kappa shape index (κ1) is 7.95. The van der Waals surface area contributed by atoms with Gasteiger partial charge in [-0.25, -0.2) is 4.39 Å². The van der Waals surface area contributed by atoms with E-state index in [0.29, 0.717) is 19.3 Å². The molecule has 3 heteroatoms. The molecule has 1 fully saturated rings. The topological polar surface area (TPSA) is 32.3 Å². The Morgan fingerprint density at radius 1 is 1.40 bits per heavy atom. The van der Waals surface area contributed by atoms with E-state index in [0.717, 1.165) is 13.1 Å². The van der Waals surface area contributed by atoms with E-state index in [1.54, 1.807) is 0 Å². The number of alkyl halides is 1. The van der Waals surface area contributed by atoms with Crippen molar-refractivity contribution in [3.8, 4) is 0 Å². The second-order valence-corrected chi connectivity index (χ2v) is 2.87. The van der Waals surface area contributed by atoms with Crippen LogP contribution >= 0.6 is 0 Å². The molecule has 0 spiro atoms. The molecule has 0 aliphatic carbocycles. The third kappa shape index (κ3) is 1.92. The molecule has 1 saturated heterocycles. The number of halogens is 1. The number of hydrogen-bond donors (Lipinski definition) is 2. The molecule has 2 N–H and O–H groups in total. The molecular formula is C7H14FNO. The first-order chi connectivity index (χ1) is 4.77. The molecule has 0 atom stereocenters. The van der Waals surface area contributed by atoms with Crippen molar-refractivity contribution in [3.05, 3.63) is 0 Å². The molecule has 1 aliphatic heterocycles. The molecule has 0 aromatic carbocycles. The van der Waals surface area contributed by atoms with Gasteiger partial charge in [0.15, 0.2) is 0 Å². The smallest absolute Gasteiger partial charge is 0.115 e. The van der Waals surface area contributed by atoms with Gasteiger partial charge in [-0.3, -0.25) is 0 Å². The van der Waals surface area contributed by atoms with Crippen LogP contribution in [0.3, 0.4) is 0 Å². The maximum atomic E-state index is 13.4. The quantitative estimate of drug-likeness (QED) is 0.594. The van der Waals surface area contributed by atoms with Crippen molar-refractivity contribution in [2.45, 2.75) is 24.9 Å². The Hall–Kier alpha value is -0.150. The maximum absolute atomic E-state index is 13.4. The van der Waals surface area contributed by atoms with Crippen LogP contribution in [0.1, 0.15) is 19.3 Å². The largest absolute Gasteiger partial charge is 0.396 e. The lowest BCUT2D eigenvalue weighted by molar-refractivity contribution is 0.0797. The fraction of sp³-hybridized carbons (Fsp3) is 1.00. The molecule has 0 saturated carbocycles. The van der Waals surface area contributed by atoms with Gasteiger partial charge >= 0.3 is 0 Å². The zero-order valence-corrected chi connectivity index (χ0v) is 6.07. The molecule has 0 amide bonds. The summed E-state index contributed by atoms with van der Waals surface area (Å²) in [7, 11) is 0. The summed E-state index contributed by atoms with van der Waals surface area (Å²) in [4.78, 5) is 0. The van der Waals surface area contributed by atoms with Gasteiger partial charge in [-0.1, -0.05) is 0 Å². The van der Waals surface area contributed by atoms with Crippen LogP contribution < -0.4 is 5.32 Å². The lowest BCUT2D eigenvalue weighted by Gasteiger charge is -2.29. The number of rotatable bonds is 2. The van der Waals surface area contributed by atoms with E-state index in [-0.39, 0.29) is 6.61 Å². The molecule has 10 heavy (non-hydrogen) atoms. The minimum absolute atomic E-state index is 0.0312. The molecule has 60 valence electrons. The van der Waals surface area contributed by atoms with Crippen LogP contribution in [0.25, 0.3) is 0 Å². The van der Waals surface area contributed by atoms with Crippen molar-refractivity contribution in [1.29, 1.82) is 0 Å². The molecule has 0 radical (unpaired) electrons. The van der Waals surface area contributed by atoms with E-state index < -0.39 is 5.67 Å². The Morgan fingerprint density at radius 3 is 2.50 bits per heavy atom. The van der Waals surface area contributed by atoms with Crippen LogP contribution in [0.4, 0.5) is 4.39 Å². The van der Waals surface area contributed by atoms with Gasteiger partial charge in [-0.05, 0) is 25.9 Å². The summed E-state index contributed by atoms with van der Waals surface area (Å²) >= 11 is 0. The first-order valence-electron chi connectivity index (χ1n) is 3.77. The van der Waals surface area contributed by atoms with Crippen LogP contribution in [0.5, 0.6) is 0 Å². The number of piperidine rings is 1. The van der Waals surface area contributed by atoms with E-state index in [1.165, 1.54) is 0 Å². The third-order valence-corrected chi connectivity index (χ3v) is 2.06. The molecule has 1 heterocycles. The number of aliphatic hydroxyl groups excluding tert-OH is 1. The van der Waals surface area contributed by atoms with Crippen molar-refractivity contribution >= 4 is 0 Å². The lowest BCUT2D eigenvalue weighted by atomic mass is 9.91. The highest BCUT2D eigenvalue weighted by atomic mass is 19.1. The summed E-state index contributed by atoms with van der Waals surface area (Å²) in [5.74, 6) is 0. The predicted octanol–water partition coefficient (Wildman–Crippen LogP) is 0.460.